The molecule has 0 bridgehead atoms. The molecule has 5 rings (SSSR count). The van der Waals surface area contributed by atoms with E-state index in [1.807, 2.05) is 12.1 Å². The molecular formula is C33H33FN4O6S. The molecule has 0 saturated carbocycles. The second-order valence-electron chi connectivity index (χ2n) is 10.3. The van der Waals surface area contributed by atoms with Gasteiger partial charge in [-0.1, -0.05) is 48.5 Å². The molecule has 12 heteroatoms. The van der Waals surface area contributed by atoms with Gasteiger partial charge in [0.1, 0.15) is 17.6 Å². The van der Waals surface area contributed by atoms with Gasteiger partial charge in [0.25, 0.3) is 5.91 Å². The number of ether oxygens (including phenoxy) is 2. The monoisotopic (exact) mass is 632 g/mol. The summed E-state index contributed by atoms with van der Waals surface area (Å²) < 4.78 is 52.1. The Bertz CT molecular complexity index is 1670. The summed E-state index contributed by atoms with van der Waals surface area (Å²) in [5.41, 5.74) is 1.98. The largest absolute Gasteiger partial charge is 0.484 e. The van der Waals surface area contributed by atoms with Crippen molar-refractivity contribution < 1.29 is 31.9 Å². The molecule has 0 radical (unpaired) electrons. The fourth-order valence-electron chi connectivity index (χ4n) is 4.88. The minimum absolute atomic E-state index is 0.000915. The lowest BCUT2D eigenvalue weighted by atomic mass is 10.0. The zero-order chi connectivity index (χ0) is 31.6. The van der Waals surface area contributed by atoms with Crippen LogP contribution in [0.5, 0.6) is 5.75 Å². The quantitative estimate of drug-likeness (QED) is 0.253. The first-order valence-electron chi connectivity index (χ1n) is 14.4. The summed E-state index contributed by atoms with van der Waals surface area (Å²) >= 11 is 0. The van der Waals surface area contributed by atoms with Crippen LogP contribution in [0.3, 0.4) is 0 Å². The zero-order valence-corrected chi connectivity index (χ0v) is 25.2. The van der Waals surface area contributed by atoms with Crippen LogP contribution in [-0.2, 0) is 37.4 Å². The predicted molar refractivity (Wildman–Crippen MR) is 164 cm³/mol. The van der Waals surface area contributed by atoms with E-state index in [4.69, 9.17) is 9.47 Å². The minimum Gasteiger partial charge on any atom is -0.484 e. The minimum atomic E-state index is -3.69. The summed E-state index contributed by atoms with van der Waals surface area (Å²) in [5.74, 6) is -1.07. The smallest absolute Gasteiger partial charge is 0.261 e. The van der Waals surface area contributed by atoms with Crippen molar-refractivity contribution in [1.82, 2.24) is 19.5 Å². The zero-order valence-electron chi connectivity index (χ0n) is 24.4. The molecule has 1 aromatic heterocycles. The van der Waals surface area contributed by atoms with Gasteiger partial charge in [-0.3, -0.25) is 14.6 Å². The Morgan fingerprint density at radius 3 is 2.31 bits per heavy atom. The average molecular weight is 633 g/mol. The van der Waals surface area contributed by atoms with Crippen LogP contribution in [0.4, 0.5) is 4.39 Å². The molecule has 1 atom stereocenters. The van der Waals surface area contributed by atoms with E-state index >= 15 is 0 Å². The first-order valence-corrected chi connectivity index (χ1v) is 15.8. The summed E-state index contributed by atoms with van der Waals surface area (Å²) in [5, 5.41) is 2.91. The summed E-state index contributed by atoms with van der Waals surface area (Å²) in [7, 11) is -3.69. The van der Waals surface area contributed by atoms with Gasteiger partial charge in [-0.25, -0.2) is 12.8 Å². The number of amides is 2. The molecule has 3 aromatic carbocycles. The van der Waals surface area contributed by atoms with Gasteiger partial charge in [-0.05, 0) is 59.2 Å². The van der Waals surface area contributed by atoms with Gasteiger partial charge in [0.2, 0.25) is 15.9 Å². The molecule has 1 N–H and O–H groups in total. The SMILES string of the molecule is O=C(NCc1cccnc1)C(c1ccccc1)N(Cc1ccc(F)cc1)C(=O)COc1ccc(S(=O)(=O)N2CCOCC2)cc1. The van der Waals surface area contributed by atoms with Gasteiger partial charge >= 0.3 is 0 Å². The Morgan fingerprint density at radius 1 is 0.933 bits per heavy atom. The molecule has 234 valence electrons. The van der Waals surface area contributed by atoms with Crippen molar-refractivity contribution in [3.05, 3.63) is 126 Å². The lowest BCUT2D eigenvalue weighted by Gasteiger charge is -2.31. The number of nitrogens with zero attached hydrogens (tertiary/aromatic N) is 3. The third kappa shape index (κ3) is 8.29. The van der Waals surface area contributed by atoms with E-state index in [0.29, 0.717) is 24.3 Å². The number of sulfonamides is 1. The third-order valence-electron chi connectivity index (χ3n) is 7.25. The maximum atomic E-state index is 13.8. The van der Waals surface area contributed by atoms with Gasteiger partial charge in [0.15, 0.2) is 6.61 Å². The van der Waals surface area contributed by atoms with Crippen molar-refractivity contribution in [2.24, 2.45) is 0 Å². The molecule has 0 aliphatic carbocycles. The van der Waals surface area contributed by atoms with Crippen LogP contribution in [0.2, 0.25) is 0 Å². The molecule has 2 heterocycles. The Kier molecular flexibility index (Phi) is 10.5. The number of carbonyl (C=O) groups is 2. The summed E-state index contributed by atoms with van der Waals surface area (Å²) in [6.45, 7) is 0.986. The number of halogens is 1. The van der Waals surface area contributed by atoms with E-state index < -0.39 is 40.3 Å². The standard InChI is InChI=1S/C33H33FN4O6S/c34-28-10-8-25(9-11-28)23-38(32(27-6-2-1-3-7-27)33(40)36-22-26-5-4-16-35-21-26)31(39)24-44-29-12-14-30(15-13-29)45(41,42)37-17-19-43-20-18-37/h1-16,21,32H,17-20,22-24H2,(H,36,40). The molecule has 1 fully saturated rings. The van der Waals surface area contributed by atoms with Gasteiger partial charge in [0.05, 0.1) is 18.1 Å². The van der Waals surface area contributed by atoms with Crippen LogP contribution >= 0.6 is 0 Å². The molecule has 1 saturated heterocycles. The highest BCUT2D eigenvalue weighted by atomic mass is 32.2. The van der Waals surface area contributed by atoms with Crippen LogP contribution in [0.25, 0.3) is 0 Å². The van der Waals surface area contributed by atoms with Crippen molar-refractivity contribution in [1.29, 1.82) is 0 Å². The molecule has 1 aliphatic heterocycles. The van der Waals surface area contributed by atoms with Gasteiger partial charge < -0.3 is 19.7 Å². The number of hydrogen-bond donors (Lipinski definition) is 1. The van der Waals surface area contributed by atoms with Gasteiger partial charge in [-0.2, -0.15) is 4.31 Å². The van der Waals surface area contributed by atoms with Crippen LogP contribution < -0.4 is 10.1 Å². The molecule has 1 aliphatic rings. The van der Waals surface area contributed by atoms with Gasteiger partial charge in [0, 0.05) is 38.6 Å². The van der Waals surface area contributed by atoms with Gasteiger partial charge in [-0.15, -0.1) is 0 Å². The fourth-order valence-corrected chi connectivity index (χ4v) is 6.29. The molecule has 10 nitrogen and oxygen atoms in total. The maximum Gasteiger partial charge on any atom is 0.261 e. The van der Waals surface area contributed by atoms with Crippen molar-refractivity contribution in [2.45, 2.75) is 24.0 Å². The molecule has 2 amide bonds. The fraction of sp³-hybridized carbons (Fsp3) is 0.242. The predicted octanol–water partition coefficient (Wildman–Crippen LogP) is 3.71. The van der Waals surface area contributed by atoms with Crippen LogP contribution in [0.15, 0.2) is 108 Å². The van der Waals surface area contributed by atoms with E-state index in [-0.39, 0.29) is 36.8 Å². The second kappa shape index (κ2) is 14.9. The number of pyridine rings is 1. The Labute approximate surface area is 261 Å². The number of aromatic nitrogens is 1. The number of carbonyl (C=O) groups excluding carboxylic acids is 2. The van der Waals surface area contributed by atoms with Crippen molar-refractivity contribution in [3.63, 3.8) is 0 Å². The average Bonchev–Trinajstić information content (AvgIpc) is 3.08. The first kappa shape index (κ1) is 31.8. The van der Waals surface area contributed by atoms with Crippen molar-refractivity contribution in [2.75, 3.05) is 32.9 Å². The molecule has 1 unspecified atom stereocenters. The highest BCUT2D eigenvalue weighted by Gasteiger charge is 2.32. The molecule has 0 spiro atoms. The highest BCUT2D eigenvalue weighted by molar-refractivity contribution is 7.89. The number of benzene rings is 3. The Hall–Kier alpha value is -4.65. The number of morpholine rings is 1. The normalized spacial score (nSPS) is 14.3. The van der Waals surface area contributed by atoms with E-state index in [1.165, 1.54) is 45.6 Å². The van der Waals surface area contributed by atoms with E-state index in [9.17, 15) is 22.4 Å². The first-order chi connectivity index (χ1) is 21.8. The van der Waals surface area contributed by atoms with E-state index in [0.717, 1.165) is 5.56 Å². The third-order valence-corrected chi connectivity index (χ3v) is 9.16. The lowest BCUT2D eigenvalue weighted by molar-refractivity contribution is -0.143. The second-order valence-corrected chi connectivity index (χ2v) is 12.3. The maximum absolute atomic E-state index is 13.8. The van der Waals surface area contributed by atoms with Crippen LogP contribution in [-0.4, -0.2) is 67.3 Å². The topological polar surface area (TPSA) is 118 Å². The summed E-state index contributed by atoms with van der Waals surface area (Å²) in [4.78, 5) is 33.2. The summed E-state index contributed by atoms with van der Waals surface area (Å²) in [6.07, 6.45) is 3.28. The van der Waals surface area contributed by atoms with Crippen LogP contribution in [0.1, 0.15) is 22.7 Å². The lowest BCUT2D eigenvalue weighted by Crippen LogP contribution is -2.45. The van der Waals surface area contributed by atoms with Crippen LogP contribution in [0, 0.1) is 5.82 Å². The molecule has 4 aromatic rings. The van der Waals surface area contributed by atoms with E-state index in [2.05, 4.69) is 10.3 Å². The van der Waals surface area contributed by atoms with E-state index in [1.54, 1.807) is 54.9 Å². The molecule has 45 heavy (non-hydrogen) atoms. The van der Waals surface area contributed by atoms with Crippen molar-refractivity contribution in [3.8, 4) is 5.75 Å². The number of nitrogens with one attached hydrogen (secondary N) is 1. The van der Waals surface area contributed by atoms with Crippen molar-refractivity contribution >= 4 is 21.8 Å². The Balaban J connectivity index is 1.36. The number of rotatable bonds is 12. The Morgan fingerprint density at radius 2 is 1.64 bits per heavy atom. The summed E-state index contributed by atoms with van der Waals surface area (Å²) in [6, 6.07) is 23.0. The number of hydrogen-bond acceptors (Lipinski definition) is 7. The highest BCUT2D eigenvalue weighted by Crippen LogP contribution is 2.25. The molecular weight excluding hydrogens is 599 g/mol.